The number of phenols is 1. The van der Waals surface area contributed by atoms with Gasteiger partial charge in [-0.15, -0.1) is 0 Å². The van der Waals surface area contributed by atoms with E-state index in [0.29, 0.717) is 0 Å². The van der Waals surface area contributed by atoms with E-state index in [0.717, 1.165) is 35.4 Å². The Morgan fingerprint density at radius 2 is 1.89 bits per heavy atom. The number of aliphatic hydroxyl groups excluding tert-OH is 1. The molecule has 4 heterocycles. The number of aliphatic imine (C=N–C) groups is 1. The molecule has 1 fully saturated rings. The Morgan fingerprint density at radius 3 is 2.50 bits per heavy atom. The number of halogens is 5. The number of aliphatic hydroxyl groups is 1. The lowest BCUT2D eigenvalue weighted by atomic mass is 10.00. The number of carbonyl (C=O) groups is 1. The molecule has 0 aliphatic carbocycles. The molecule has 0 spiro atoms. The zero-order valence-electron chi connectivity index (χ0n) is 24.0. The van der Waals surface area contributed by atoms with Gasteiger partial charge in [-0.1, -0.05) is 26.5 Å². The number of alkyl halides is 3. The number of aromatic nitrogens is 2. The van der Waals surface area contributed by atoms with Gasteiger partial charge < -0.3 is 20.0 Å². The predicted molar refractivity (Wildman–Crippen MR) is 152 cm³/mol. The van der Waals surface area contributed by atoms with Crippen LogP contribution in [0, 0.1) is 11.6 Å². The van der Waals surface area contributed by atoms with Gasteiger partial charge in [0.05, 0.1) is 28.1 Å². The molecule has 1 saturated heterocycles. The standard InChI is InChI=1S/C30H29F5N6O3/c1-5-22(43)39-11-12-40(16(4)14-39)27-17-13-20(32)25(23-19(31)7-6-8-21(23)42)37-28(17)41(29(44)38-27)26-18(30(33,34)35)9-10-36-24(26)15(2)3/h5-10,13,15-16,29,42,44H,1,11-12,14H2,2-4H3/t16-,29?/m0/s1. The molecule has 0 bridgehead atoms. The number of rotatable bonds is 4. The topological polar surface area (TPSA) is 105 Å². The molecule has 2 aromatic heterocycles. The first-order valence-electron chi connectivity index (χ1n) is 13.7. The lowest BCUT2D eigenvalue weighted by molar-refractivity contribution is -0.137. The minimum Gasteiger partial charge on any atom is -0.507 e. The summed E-state index contributed by atoms with van der Waals surface area (Å²) in [5, 5.41) is 21.9. The molecule has 9 nitrogen and oxygen atoms in total. The van der Waals surface area contributed by atoms with Crippen molar-refractivity contribution in [3.63, 3.8) is 0 Å². The van der Waals surface area contributed by atoms with Gasteiger partial charge in [-0.3, -0.25) is 14.7 Å². The molecule has 2 N–H and O–H groups in total. The fraction of sp³-hybridized carbons (Fsp3) is 0.333. The van der Waals surface area contributed by atoms with E-state index < -0.39 is 64.4 Å². The number of amidine groups is 1. The third-order valence-corrected chi connectivity index (χ3v) is 7.55. The molecule has 0 saturated carbocycles. The number of hydrogen-bond donors (Lipinski definition) is 2. The number of carbonyl (C=O) groups excluding carboxylic acids is 1. The van der Waals surface area contributed by atoms with E-state index in [1.54, 1.807) is 30.6 Å². The quantitative estimate of drug-likeness (QED) is 0.308. The van der Waals surface area contributed by atoms with Crippen LogP contribution < -0.4 is 4.90 Å². The van der Waals surface area contributed by atoms with Crippen molar-refractivity contribution in [3.8, 4) is 17.0 Å². The van der Waals surface area contributed by atoms with E-state index in [-0.39, 0.29) is 48.5 Å². The number of amides is 1. The molecule has 1 amide bonds. The van der Waals surface area contributed by atoms with Crippen molar-refractivity contribution in [1.82, 2.24) is 19.8 Å². The van der Waals surface area contributed by atoms with Gasteiger partial charge in [-0.2, -0.15) is 13.2 Å². The van der Waals surface area contributed by atoms with Crippen LogP contribution in [0.25, 0.3) is 11.3 Å². The zero-order valence-corrected chi connectivity index (χ0v) is 24.0. The molecule has 0 radical (unpaired) electrons. The Bertz CT molecular complexity index is 1640. The largest absolute Gasteiger partial charge is 0.507 e. The minimum absolute atomic E-state index is 0.0150. The van der Waals surface area contributed by atoms with Crippen molar-refractivity contribution in [2.45, 2.75) is 45.3 Å². The van der Waals surface area contributed by atoms with Gasteiger partial charge in [-0.05, 0) is 43.2 Å². The SMILES string of the molecule is C=CC(=O)N1CCN(C2=NC(O)N(c3c(C(F)(F)F)ccnc3C(C)C)c3nc(-c4c(O)cccc4F)c(F)cc32)[C@@H](C)C1. The van der Waals surface area contributed by atoms with Crippen LogP contribution in [0.1, 0.15) is 43.5 Å². The summed E-state index contributed by atoms with van der Waals surface area (Å²) in [6, 6.07) is 4.55. The van der Waals surface area contributed by atoms with Gasteiger partial charge in [0.25, 0.3) is 0 Å². The van der Waals surface area contributed by atoms with Crippen LogP contribution in [0.2, 0.25) is 0 Å². The molecule has 2 aliphatic heterocycles. The van der Waals surface area contributed by atoms with Crippen LogP contribution in [0.3, 0.4) is 0 Å². The second-order valence-electron chi connectivity index (χ2n) is 10.8. The molecule has 2 atom stereocenters. The Hall–Kier alpha value is -4.59. The third kappa shape index (κ3) is 5.34. The number of aromatic hydroxyl groups is 1. The van der Waals surface area contributed by atoms with Crippen LogP contribution in [-0.2, 0) is 11.0 Å². The highest BCUT2D eigenvalue weighted by atomic mass is 19.4. The van der Waals surface area contributed by atoms with Crippen LogP contribution in [0.15, 0.2) is 54.2 Å². The van der Waals surface area contributed by atoms with Crippen LogP contribution in [0.5, 0.6) is 5.75 Å². The number of nitrogens with zero attached hydrogens (tertiary/aromatic N) is 6. The second-order valence-corrected chi connectivity index (χ2v) is 10.8. The summed E-state index contributed by atoms with van der Waals surface area (Å²) in [5.41, 5.74) is -3.13. The van der Waals surface area contributed by atoms with Gasteiger partial charge in [0, 0.05) is 31.9 Å². The molecule has 1 unspecified atom stereocenters. The van der Waals surface area contributed by atoms with Crippen molar-refractivity contribution in [2.75, 3.05) is 24.5 Å². The van der Waals surface area contributed by atoms with Gasteiger partial charge >= 0.3 is 6.18 Å². The summed E-state index contributed by atoms with van der Waals surface area (Å²) in [6.07, 6.45) is -4.73. The highest BCUT2D eigenvalue weighted by Gasteiger charge is 2.43. The van der Waals surface area contributed by atoms with E-state index in [4.69, 9.17) is 0 Å². The zero-order chi connectivity index (χ0) is 32.1. The highest BCUT2D eigenvalue weighted by Crippen LogP contribution is 2.46. The summed E-state index contributed by atoms with van der Waals surface area (Å²) in [6.45, 7) is 9.11. The van der Waals surface area contributed by atoms with Crippen molar-refractivity contribution in [1.29, 1.82) is 0 Å². The summed E-state index contributed by atoms with van der Waals surface area (Å²) >= 11 is 0. The Labute approximate surface area is 249 Å². The lowest BCUT2D eigenvalue weighted by Gasteiger charge is -2.44. The molecule has 44 heavy (non-hydrogen) atoms. The maximum atomic E-state index is 15.8. The monoisotopic (exact) mass is 616 g/mol. The number of pyridine rings is 2. The first-order chi connectivity index (χ1) is 20.7. The average Bonchev–Trinajstić information content (AvgIpc) is 2.96. The fourth-order valence-corrected chi connectivity index (χ4v) is 5.52. The average molecular weight is 617 g/mol. The number of piperazine rings is 1. The second kappa shape index (κ2) is 11.5. The maximum absolute atomic E-state index is 15.8. The van der Waals surface area contributed by atoms with Gasteiger partial charge in [0.2, 0.25) is 12.3 Å². The number of phenolic OH excluding ortho intramolecular Hbond substituents is 1. The predicted octanol–water partition coefficient (Wildman–Crippen LogP) is 5.16. The smallest absolute Gasteiger partial charge is 0.418 e. The molecule has 232 valence electrons. The van der Waals surface area contributed by atoms with E-state index in [2.05, 4.69) is 21.5 Å². The Morgan fingerprint density at radius 1 is 1.16 bits per heavy atom. The van der Waals surface area contributed by atoms with Crippen molar-refractivity contribution < 1.29 is 37.0 Å². The highest BCUT2D eigenvalue weighted by molar-refractivity contribution is 6.06. The van der Waals surface area contributed by atoms with Crippen molar-refractivity contribution >= 4 is 23.2 Å². The molecule has 3 aromatic rings. The number of hydrogen-bond acceptors (Lipinski definition) is 8. The van der Waals surface area contributed by atoms with Crippen LogP contribution in [-0.4, -0.2) is 73.8 Å². The first-order valence-corrected chi connectivity index (χ1v) is 13.7. The van der Waals surface area contributed by atoms with Gasteiger partial charge in [-0.25, -0.2) is 18.8 Å². The molecule has 1 aromatic carbocycles. The summed E-state index contributed by atoms with van der Waals surface area (Å²) in [5.74, 6) is -3.98. The van der Waals surface area contributed by atoms with Gasteiger partial charge in [0.1, 0.15) is 28.9 Å². The van der Waals surface area contributed by atoms with E-state index in [1.165, 1.54) is 12.1 Å². The van der Waals surface area contributed by atoms with Crippen molar-refractivity contribution in [3.05, 3.63) is 77.6 Å². The molecular formula is C30H29F5N6O3. The van der Waals surface area contributed by atoms with E-state index in [9.17, 15) is 32.6 Å². The number of benzene rings is 1. The number of fused-ring (bicyclic) bond motifs is 1. The lowest BCUT2D eigenvalue weighted by Crippen LogP contribution is -2.56. The first kappa shape index (κ1) is 30.9. The van der Waals surface area contributed by atoms with E-state index in [1.807, 2.05) is 0 Å². The summed E-state index contributed by atoms with van der Waals surface area (Å²) < 4.78 is 74.0. The van der Waals surface area contributed by atoms with Crippen molar-refractivity contribution in [2.24, 2.45) is 4.99 Å². The summed E-state index contributed by atoms with van der Waals surface area (Å²) in [4.78, 5) is 29.0. The molecular weight excluding hydrogens is 587 g/mol. The summed E-state index contributed by atoms with van der Waals surface area (Å²) in [7, 11) is 0. The molecule has 2 aliphatic rings. The van der Waals surface area contributed by atoms with Gasteiger partial charge in [0.15, 0.2) is 5.82 Å². The van der Waals surface area contributed by atoms with Crippen LogP contribution >= 0.6 is 0 Å². The normalized spacial score (nSPS) is 18.8. The molecule has 14 heteroatoms. The van der Waals surface area contributed by atoms with Crippen LogP contribution in [0.4, 0.5) is 33.5 Å². The van der Waals surface area contributed by atoms with E-state index >= 15 is 4.39 Å². The Balaban J connectivity index is 1.77. The minimum atomic E-state index is -4.90. The fourth-order valence-electron chi connectivity index (χ4n) is 5.52. The maximum Gasteiger partial charge on any atom is 0.418 e. The Kier molecular flexibility index (Phi) is 8.05. The molecule has 5 rings (SSSR count). The number of anilines is 2. The third-order valence-electron chi connectivity index (χ3n) is 7.55.